The lowest BCUT2D eigenvalue weighted by Crippen LogP contribution is -2.37. The third kappa shape index (κ3) is 3.51. The van der Waals surface area contributed by atoms with E-state index in [1.54, 1.807) is 0 Å². The summed E-state index contributed by atoms with van der Waals surface area (Å²) in [6.45, 7) is 1.47. The van der Waals surface area contributed by atoms with Gasteiger partial charge in [0.05, 0.1) is 18.8 Å². The molecule has 2 bridgehead atoms. The maximum Gasteiger partial charge on any atom is 0.249 e. The molecule has 3 heterocycles. The van der Waals surface area contributed by atoms with E-state index >= 15 is 0 Å². The van der Waals surface area contributed by atoms with E-state index in [2.05, 4.69) is 14.9 Å². The molecule has 0 saturated carbocycles. The molecule has 0 aliphatic carbocycles. The molecule has 3 rings (SSSR count). The van der Waals surface area contributed by atoms with Crippen molar-refractivity contribution in [3.63, 3.8) is 0 Å². The molecule has 1 aromatic heterocycles. The molecule has 6 nitrogen and oxygen atoms in total. The summed E-state index contributed by atoms with van der Waals surface area (Å²) in [6, 6.07) is 2.13. The Kier molecular flexibility index (Phi) is 5.98. The number of aromatic nitrogens is 2. The minimum Gasteiger partial charge on any atom is -0.374 e. The number of hydrogen-bond acceptors (Lipinski definition) is 6. The molecule has 2 aliphatic heterocycles. The lowest BCUT2D eigenvalue weighted by Gasteiger charge is -2.28. The molecular weight excluding hydrogens is 433 g/mol. The summed E-state index contributed by atoms with van der Waals surface area (Å²) >= 11 is 2.01. The maximum atomic E-state index is 11.5. The van der Waals surface area contributed by atoms with Gasteiger partial charge in [0.2, 0.25) is 15.0 Å². The summed E-state index contributed by atoms with van der Waals surface area (Å²) in [5.74, 6) is 0.686. The zero-order valence-corrected chi connectivity index (χ0v) is 15.7. The first-order valence-corrected chi connectivity index (χ1v) is 8.53. The predicted octanol–water partition coefficient (Wildman–Crippen LogP) is 0.688. The van der Waals surface area contributed by atoms with Crippen LogP contribution >= 0.6 is 49.6 Å². The molecule has 2 aliphatic rings. The topological polar surface area (TPSA) is 72.4 Å². The van der Waals surface area contributed by atoms with Crippen molar-refractivity contribution >= 4 is 65.2 Å². The standard InChI is InChI=1S/C10H12IN3O3S.2H2S/c1-18(15,16)10-12-8(11)3-9(13-10)14-4-7-2-6(14)5-17-7;;/h3,6-7H,2,4-5H2,1H3;2*1H2. The Morgan fingerprint density at radius 3 is 2.60 bits per heavy atom. The molecule has 114 valence electrons. The van der Waals surface area contributed by atoms with E-state index < -0.39 is 9.84 Å². The third-order valence-corrected chi connectivity index (χ3v) is 4.59. The number of morpholine rings is 1. The van der Waals surface area contributed by atoms with Crippen molar-refractivity contribution in [3.05, 3.63) is 9.77 Å². The Bertz CT molecular complexity index is 599. The highest BCUT2D eigenvalue weighted by Crippen LogP contribution is 2.32. The Morgan fingerprint density at radius 1 is 1.40 bits per heavy atom. The fourth-order valence-corrected chi connectivity index (χ4v) is 3.57. The first-order chi connectivity index (χ1) is 8.43. The van der Waals surface area contributed by atoms with Crippen LogP contribution in [0.2, 0.25) is 0 Å². The number of nitrogens with zero attached hydrogens (tertiary/aromatic N) is 3. The van der Waals surface area contributed by atoms with E-state index in [9.17, 15) is 8.42 Å². The van der Waals surface area contributed by atoms with E-state index in [0.29, 0.717) is 22.2 Å². The van der Waals surface area contributed by atoms with Gasteiger partial charge in [-0.25, -0.2) is 18.4 Å². The second kappa shape index (κ2) is 6.55. The highest BCUT2D eigenvalue weighted by molar-refractivity contribution is 14.1. The van der Waals surface area contributed by atoms with Crippen molar-refractivity contribution in [3.8, 4) is 0 Å². The van der Waals surface area contributed by atoms with Gasteiger partial charge in [-0.1, -0.05) is 0 Å². The highest BCUT2D eigenvalue weighted by Gasteiger charge is 2.40. The molecule has 0 radical (unpaired) electrons. The molecule has 0 aromatic carbocycles. The summed E-state index contributed by atoms with van der Waals surface area (Å²) in [5.41, 5.74) is 0. The van der Waals surface area contributed by atoms with Crippen LogP contribution in [-0.4, -0.2) is 49.9 Å². The summed E-state index contributed by atoms with van der Waals surface area (Å²) in [7, 11) is -3.38. The van der Waals surface area contributed by atoms with E-state index in [0.717, 1.165) is 19.2 Å². The monoisotopic (exact) mass is 449 g/mol. The van der Waals surface area contributed by atoms with Crippen LogP contribution < -0.4 is 4.90 Å². The van der Waals surface area contributed by atoms with E-state index in [-0.39, 0.29) is 38.3 Å². The van der Waals surface area contributed by atoms with Crippen molar-refractivity contribution in [2.24, 2.45) is 0 Å². The van der Waals surface area contributed by atoms with Gasteiger partial charge in [-0.2, -0.15) is 27.0 Å². The van der Waals surface area contributed by atoms with Crippen LogP contribution in [0, 0.1) is 3.70 Å². The summed E-state index contributed by atoms with van der Waals surface area (Å²) < 4.78 is 29.2. The molecule has 2 fully saturated rings. The number of hydrogen-bond donors (Lipinski definition) is 0. The molecule has 2 saturated heterocycles. The van der Waals surface area contributed by atoms with Crippen molar-refractivity contribution < 1.29 is 13.2 Å². The number of fused-ring (bicyclic) bond motifs is 2. The molecule has 10 heteroatoms. The lowest BCUT2D eigenvalue weighted by atomic mass is 10.2. The number of ether oxygens (including phenoxy) is 1. The zero-order valence-electron chi connectivity index (χ0n) is 10.7. The Labute approximate surface area is 145 Å². The van der Waals surface area contributed by atoms with Gasteiger partial charge in [0, 0.05) is 18.9 Å². The second-order valence-corrected chi connectivity index (χ2v) is 7.62. The van der Waals surface area contributed by atoms with Crippen LogP contribution in [0.25, 0.3) is 0 Å². The van der Waals surface area contributed by atoms with Gasteiger partial charge in [0.15, 0.2) is 0 Å². The number of halogens is 1. The zero-order chi connectivity index (χ0) is 12.9. The Balaban J connectivity index is 0.000001000. The molecule has 1 aromatic rings. The molecule has 0 amide bonds. The third-order valence-electron chi connectivity index (χ3n) is 3.19. The van der Waals surface area contributed by atoms with Crippen LogP contribution in [0.15, 0.2) is 11.2 Å². The van der Waals surface area contributed by atoms with Crippen LogP contribution in [0.3, 0.4) is 0 Å². The Hall–Kier alpha value is 0.220. The van der Waals surface area contributed by atoms with Gasteiger partial charge >= 0.3 is 0 Å². The maximum absolute atomic E-state index is 11.5. The van der Waals surface area contributed by atoms with Gasteiger partial charge in [-0.3, -0.25) is 0 Å². The largest absolute Gasteiger partial charge is 0.374 e. The van der Waals surface area contributed by atoms with Gasteiger partial charge in [-0.15, -0.1) is 0 Å². The molecule has 0 spiro atoms. The van der Waals surface area contributed by atoms with Crippen LogP contribution in [0.5, 0.6) is 0 Å². The average Bonchev–Trinajstić information content (AvgIpc) is 2.88. The van der Waals surface area contributed by atoms with Crippen LogP contribution in [0.4, 0.5) is 5.82 Å². The lowest BCUT2D eigenvalue weighted by molar-refractivity contribution is 0.0988. The fourth-order valence-electron chi connectivity index (χ4n) is 2.38. The normalized spacial score (nSPS) is 24.2. The molecule has 2 atom stereocenters. The highest BCUT2D eigenvalue weighted by atomic mass is 127. The van der Waals surface area contributed by atoms with Crippen molar-refractivity contribution in [2.75, 3.05) is 24.3 Å². The van der Waals surface area contributed by atoms with Gasteiger partial charge < -0.3 is 9.64 Å². The van der Waals surface area contributed by atoms with Crippen molar-refractivity contribution in [2.45, 2.75) is 23.7 Å². The second-order valence-electron chi connectivity index (χ2n) is 4.60. The van der Waals surface area contributed by atoms with Crippen LogP contribution in [-0.2, 0) is 14.6 Å². The van der Waals surface area contributed by atoms with E-state index in [4.69, 9.17) is 4.74 Å². The van der Waals surface area contributed by atoms with Gasteiger partial charge in [-0.05, 0) is 29.0 Å². The van der Waals surface area contributed by atoms with E-state index in [1.165, 1.54) is 0 Å². The van der Waals surface area contributed by atoms with Gasteiger partial charge in [0.1, 0.15) is 9.52 Å². The summed E-state index contributed by atoms with van der Waals surface area (Å²) in [6.07, 6.45) is 2.38. The summed E-state index contributed by atoms with van der Waals surface area (Å²) in [4.78, 5) is 10.3. The quantitative estimate of drug-likeness (QED) is 0.376. The van der Waals surface area contributed by atoms with Crippen molar-refractivity contribution in [1.29, 1.82) is 0 Å². The van der Waals surface area contributed by atoms with Crippen molar-refractivity contribution in [1.82, 2.24) is 9.97 Å². The fraction of sp³-hybridized carbons (Fsp3) is 0.600. The number of anilines is 1. The Morgan fingerprint density at radius 2 is 2.10 bits per heavy atom. The average molecular weight is 449 g/mol. The minimum atomic E-state index is -3.38. The minimum absolute atomic E-state index is 0. The molecule has 0 N–H and O–H groups in total. The first-order valence-electron chi connectivity index (χ1n) is 5.56. The molecule has 2 unspecified atom stereocenters. The SMILES string of the molecule is CS(=O)(=O)c1nc(I)cc(N2CC3CC2CO3)n1.S.S. The van der Waals surface area contributed by atoms with Gasteiger partial charge in [0.25, 0.3) is 0 Å². The summed E-state index contributed by atoms with van der Waals surface area (Å²) in [5, 5.41) is -0.104. The first kappa shape index (κ1) is 18.3. The number of rotatable bonds is 2. The smallest absolute Gasteiger partial charge is 0.249 e. The molecular formula is C10H16IN3O3S3. The molecule has 20 heavy (non-hydrogen) atoms. The van der Waals surface area contributed by atoms with E-state index in [1.807, 2.05) is 28.7 Å². The number of sulfone groups is 1. The predicted molar refractivity (Wildman–Crippen MR) is 94.1 cm³/mol. The van der Waals surface area contributed by atoms with Crippen LogP contribution in [0.1, 0.15) is 6.42 Å².